The van der Waals surface area contributed by atoms with E-state index in [0.29, 0.717) is 13.2 Å². The minimum absolute atomic E-state index is 0. The van der Waals surface area contributed by atoms with E-state index in [1.807, 2.05) is 38.1 Å². The maximum absolute atomic E-state index is 6.68. The summed E-state index contributed by atoms with van der Waals surface area (Å²) in [7, 11) is 0. The third-order valence-corrected chi connectivity index (χ3v) is 4.57. The van der Waals surface area contributed by atoms with Gasteiger partial charge in [-0.15, -0.1) is 12.4 Å². The maximum atomic E-state index is 6.68. The molecule has 1 aliphatic rings. The molecule has 0 bridgehead atoms. The second kappa shape index (κ2) is 9.86. The monoisotopic (exact) mass is 393 g/mol. The van der Waals surface area contributed by atoms with Gasteiger partial charge in [0.2, 0.25) is 0 Å². The van der Waals surface area contributed by atoms with Crippen LogP contribution in [0.3, 0.4) is 0 Å². The summed E-state index contributed by atoms with van der Waals surface area (Å²) in [6, 6.07) is 14.3. The van der Waals surface area contributed by atoms with E-state index in [9.17, 15) is 0 Å². The third kappa shape index (κ3) is 4.73. The van der Waals surface area contributed by atoms with E-state index >= 15 is 0 Å². The van der Waals surface area contributed by atoms with Crippen LogP contribution >= 0.6 is 24.0 Å². The average molecular weight is 394 g/mol. The number of fused-ring (bicyclic) bond motifs is 1. The van der Waals surface area contributed by atoms with Gasteiger partial charge in [-0.3, -0.25) is 0 Å². The molecule has 26 heavy (non-hydrogen) atoms. The SMILES string of the molecule is CCOc1cc2c(cc1OCC)C(/C(Cl)=C/c1ccccc1)NCC2.Cl. The standard InChI is InChI=1S/C21H24ClNO2.ClH/c1-3-24-19-13-16-10-11-23-21(17(16)14-20(19)25-4-2)18(22)12-15-8-6-5-7-9-15;/h5-9,12-14,21,23H,3-4,10-11H2,1-2H3;1H/b18-12-;. The molecule has 0 fully saturated rings. The molecular weight excluding hydrogens is 369 g/mol. The quantitative estimate of drug-likeness (QED) is 0.714. The summed E-state index contributed by atoms with van der Waals surface area (Å²) in [6.45, 7) is 6.07. The lowest BCUT2D eigenvalue weighted by Crippen LogP contribution is -2.30. The molecule has 1 unspecified atom stereocenters. The highest BCUT2D eigenvalue weighted by atomic mass is 35.5. The predicted molar refractivity (Wildman–Crippen MR) is 111 cm³/mol. The van der Waals surface area contributed by atoms with Gasteiger partial charge in [-0.2, -0.15) is 0 Å². The van der Waals surface area contributed by atoms with Crippen molar-refractivity contribution in [1.29, 1.82) is 0 Å². The largest absolute Gasteiger partial charge is 0.490 e. The van der Waals surface area contributed by atoms with Crippen LogP contribution in [-0.2, 0) is 6.42 Å². The molecule has 0 saturated heterocycles. The van der Waals surface area contributed by atoms with Gasteiger partial charge in [0.15, 0.2) is 11.5 Å². The highest BCUT2D eigenvalue weighted by Gasteiger charge is 2.25. The van der Waals surface area contributed by atoms with E-state index in [1.54, 1.807) is 0 Å². The number of benzene rings is 2. The molecule has 1 atom stereocenters. The predicted octanol–water partition coefficient (Wildman–Crippen LogP) is 5.37. The van der Waals surface area contributed by atoms with Crippen molar-refractivity contribution in [2.45, 2.75) is 26.3 Å². The number of rotatable bonds is 6. The second-order valence-corrected chi connectivity index (χ2v) is 6.38. The fourth-order valence-electron chi connectivity index (χ4n) is 3.14. The molecular formula is C21H25Cl2NO2. The first-order valence-electron chi connectivity index (χ1n) is 8.80. The van der Waals surface area contributed by atoms with E-state index in [-0.39, 0.29) is 18.4 Å². The first-order chi connectivity index (χ1) is 12.2. The van der Waals surface area contributed by atoms with E-state index < -0.39 is 0 Å². The highest BCUT2D eigenvalue weighted by Crippen LogP contribution is 2.39. The van der Waals surface area contributed by atoms with Gasteiger partial charge in [-0.25, -0.2) is 0 Å². The lowest BCUT2D eigenvalue weighted by Gasteiger charge is -2.28. The van der Waals surface area contributed by atoms with Crippen molar-refractivity contribution in [1.82, 2.24) is 5.32 Å². The van der Waals surface area contributed by atoms with Gasteiger partial charge in [0.1, 0.15) is 0 Å². The van der Waals surface area contributed by atoms with Crippen LogP contribution in [0, 0.1) is 0 Å². The molecule has 1 N–H and O–H groups in total. The van der Waals surface area contributed by atoms with Gasteiger partial charge in [0.25, 0.3) is 0 Å². The number of nitrogens with one attached hydrogen (secondary N) is 1. The molecule has 1 aliphatic heterocycles. The van der Waals surface area contributed by atoms with Crippen molar-refractivity contribution in [3.05, 3.63) is 64.2 Å². The summed E-state index contributed by atoms with van der Waals surface area (Å²) in [4.78, 5) is 0. The van der Waals surface area contributed by atoms with Crippen molar-refractivity contribution >= 4 is 30.1 Å². The Morgan fingerprint density at radius 2 is 1.77 bits per heavy atom. The van der Waals surface area contributed by atoms with Crippen LogP contribution in [0.25, 0.3) is 6.08 Å². The van der Waals surface area contributed by atoms with Crippen LogP contribution in [0.15, 0.2) is 47.5 Å². The fourth-order valence-corrected chi connectivity index (χ4v) is 3.46. The van der Waals surface area contributed by atoms with Gasteiger partial charge in [0.05, 0.1) is 19.3 Å². The lowest BCUT2D eigenvalue weighted by atomic mass is 9.92. The zero-order valence-electron chi connectivity index (χ0n) is 15.1. The second-order valence-electron chi connectivity index (χ2n) is 5.94. The minimum atomic E-state index is -0.0273. The highest BCUT2D eigenvalue weighted by molar-refractivity contribution is 6.32. The molecule has 0 aromatic heterocycles. The van der Waals surface area contributed by atoms with Crippen LogP contribution < -0.4 is 14.8 Å². The summed E-state index contributed by atoms with van der Waals surface area (Å²) in [5.74, 6) is 1.59. The van der Waals surface area contributed by atoms with Crippen molar-refractivity contribution < 1.29 is 9.47 Å². The molecule has 1 heterocycles. The molecule has 0 amide bonds. The number of ether oxygens (including phenoxy) is 2. The number of halogens is 2. The van der Waals surface area contributed by atoms with Gasteiger partial charge >= 0.3 is 0 Å². The Labute approximate surface area is 166 Å². The topological polar surface area (TPSA) is 30.5 Å². The first kappa shape index (κ1) is 20.6. The molecule has 0 radical (unpaired) electrons. The van der Waals surface area contributed by atoms with Gasteiger partial charge in [0, 0.05) is 11.6 Å². The summed E-state index contributed by atoms with van der Waals surface area (Å²) in [5.41, 5.74) is 3.52. The molecule has 0 aliphatic carbocycles. The molecule has 3 rings (SSSR count). The first-order valence-corrected chi connectivity index (χ1v) is 9.18. The van der Waals surface area contributed by atoms with Crippen LogP contribution in [-0.4, -0.2) is 19.8 Å². The summed E-state index contributed by atoms with van der Waals surface area (Å²) >= 11 is 6.68. The lowest BCUT2D eigenvalue weighted by molar-refractivity contribution is 0.286. The van der Waals surface area contributed by atoms with E-state index in [1.165, 1.54) is 5.56 Å². The summed E-state index contributed by atoms with van der Waals surface area (Å²) in [6.07, 6.45) is 2.97. The summed E-state index contributed by atoms with van der Waals surface area (Å²) < 4.78 is 11.5. The molecule has 140 valence electrons. The van der Waals surface area contributed by atoms with Crippen molar-refractivity contribution in [3.8, 4) is 11.5 Å². The average Bonchev–Trinajstić information content (AvgIpc) is 2.63. The van der Waals surface area contributed by atoms with E-state index in [2.05, 4.69) is 29.6 Å². The Morgan fingerprint density at radius 3 is 2.42 bits per heavy atom. The van der Waals surface area contributed by atoms with Crippen LogP contribution in [0.4, 0.5) is 0 Å². The molecule has 3 nitrogen and oxygen atoms in total. The van der Waals surface area contributed by atoms with Crippen LogP contribution in [0.2, 0.25) is 0 Å². The van der Waals surface area contributed by atoms with Crippen molar-refractivity contribution in [2.75, 3.05) is 19.8 Å². The normalized spacial score (nSPS) is 16.4. The molecule has 5 heteroatoms. The number of hydrogen-bond acceptors (Lipinski definition) is 3. The van der Waals surface area contributed by atoms with Crippen molar-refractivity contribution in [2.24, 2.45) is 0 Å². The zero-order chi connectivity index (χ0) is 17.6. The molecule has 2 aromatic rings. The van der Waals surface area contributed by atoms with Crippen molar-refractivity contribution in [3.63, 3.8) is 0 Å². The Kier molecular flexibility index (Phi) is 7.83. The van der Waals surface area contributed by atoms with Crippen LogP contribution in [0.1, 0.15) is 36.6 Å². The van der Waals surface area contributed by atoms with E-state index in [0.717, 1.165) is 40.6 Å². The van der Waals surface area contributed by atoms with Gasteiger partial charge < -0.3 is 14.8 Å². The Bertz CT molecular complexity index is 747. The Balaban J connectivity index is 0.00000243. The van der Waals surface area contributed by atoms with Crippen LogP contribution in [0.5, 0.6) is 11.5 Å². The Hall–Kier alpha value is -1.68. The molecule has 2 aromatic carbocycles. The van der Waals surface area contributed by atoms with E-state index in [4.69, 9.17) is 21.1 Å². The Morgan fingerprint density at radius 1 is 1.12 bits per heavy atom. The third-order valence-electron chi connectivity index (χ3n) is 4.24. The number of hydrogen-bond donors (Lipinski definition) is 1. The minimum Gasteiger partial charge on any atom is -0.490 e. The van der Waals surface area contributed by atoms with Gasteiger partial charge in [-0.05, 0) is 55.2 Å². The smallest absolute Gasteiger partial charge is 0.161 e. The van der Waals surface area contributed by atoms with Gasteiger partial charge in [-0.1, -0.05) is 41.9 Å². The maximum Gasteiger partial charge on any atom is 0.161 e. The molecule has 0 saturated carbocycles. The zero-order valence-corrected chi connectivity index (χ0v) is 16.7. The fraction of sp³-hybridized carbons (Fsp3) is 0.333. The molecule has 0 spiro atoms. The summed E-state index contributed by atoms with van der Waals surface area (Å²) in [5, 5.41) is 4.30.